The molecule has 118 valence electrons. The predicted molar refractivity (Wildman–Crippen MR) is 74.6 cm³/mol. The Morgan fingerprint density at radius 3 is 2.24 bits per heavy atom. The zero-order valence-electron chi connectivity index (χ0n) is 11.7. The van der Waals surface area contributed by atoms with Crippen LogP contribution in [0.4, 0.5) is 0 Å². The van der Waals surface area contributed by atoms with Gasteiger partial charge >= 0.3 is 0 Å². The topological polar surface area (TPSA) is 96.3 Å². The van der Waals surface area contributed by atoms with Gasteiger partial charge in [0.1, 0.15) is 12.4 Å². The lowest BCUT2D eigenvalue weighted by Crippen LogP contribution is -2.29. The highest BCUT2D eigenvalue weighted by molar-refractivity contribution is 7.89. The molecule has 1 saturated heterocycles. The van der Waals surface area contributed by atoms with Crippen molar-refractivity contribution in [3.63, 3.8) is 0 Å². The molecule has 1 aliphatic rings. The van der Waals surface area contributed by atoms with Gasteiger partial charge in [0.15, 0.2) is 0 Å². The molecule has 2 rings (SSSR count). The molecule has 2 N–H and O–H groups in total. The Bertz CT molecular complexity index is 549. The maximum Gasteiger partial charge on any atom is 0.243 e. The van der Waals surface area contributed by atoms with E-state index < -0.39 is 22.2 Å². The first kappa shape index (κ1) is 16.2. The second kappa shape index (κ2) is 6.71. The van der Waals surface area contributed by atoms with Crippen molar-refractivity contribution < 1.29 is 28.1 Å². The Morgan fingerprint density at radius 2 is 1.71 bits per heavy atom. The number of benzene rings is 1. The van der Waals surface area contributed by atoms with Crippen LogP contribution in [0.1, 0.15) is 0 Å². The monoisotopic (exact) mass is 317 g/mol. The first-order chi connectivity index (χ1) is 9.95. The number of sulfonamides is 1. The van der Waals surface area contributed by atoms with Crippen LogP contribution in [0.5, 0.6) is 5.75 Å². The lowest BCUT2D eigenvalue weighted by Gasteiger charge is -2.15. The summed E-state index contributed by atoms with van der Waals surface area (Å²) in [7, 11) is -2.15. The highest BCUT2D eigenvalue weighted by atomic mass is 32.2. The molecular formula is C13H19NO6S. The molecule has 0 radical (unpaired) electrons. The van der Waals surface area contributed by atoms with Crippen molar-refractivity contribution in [2.24, 2.45) is 0 Å². The van der Waals surface area contributed by atoms with Crippen molar-refractivity contribution in [3.8, 4) is 5.75 Å². The van der Waals surface area contributed by atoms with Gasteiger partial charge in [-0.1, -0.05) is 0 Å². The molecule has 0 amide bonds. The Hall–Kier alpha value is -1.19. The van der Waals surface area contributed by atoms with Crippen molar-refractivity contribution in [1.82, 2.24) is 4.31 Å². The normalized spacial score (nSPS) is 23.4. The number of ether oxygens (including phenoxy) is 2. The minimum Gasteiger partial charge on any atom is -0.491 e. The Kier molecular flexibility index (Phi) is 5.17. The summed E-state index contributed by atoms with van der Waals surface area (Å²) < 4.78 is 36.0. The minimum atomic E-state index is -3.71. The van der Waals surface area contributed by atoms with E-state index in [9.17, 15) is 18.6 Å². The van der Waals surface area contributed by atoms with Gasteiger partial charge in [-0.05, 0) is 24.3 Å². The van der Waals surface area contributed by atoms with Crippen LogP contribution in [0.2, 0.25) is 0 Å². The van der Waals surface area contributed by atoms with Crippen LogP contribution in [0.15, 0.2) is 29.2 Å². The lowest BCUT2D eigenvalue weighted by atomic mass is 10.3. The second-order valence-corrected chi connectivity index (χ2v) is 6.71. The van der Waals surface area contributed by atoms with Crippen molar-refractivity contribution in [2.45, 2.75) is 17.1 Å². The number of hydrogen-bond acceptors (Lipinski definition) is 6. The zero-order valence-corrected chi connectivity index (χ0v) is 12.5. The molecule has 7 nitrogen and oxygen atoms in total. The number of aliphatic hydroxyl groups is 2. The predicted octanol–water partition coefficient (Wildman–Crippen LogP) is -0.562. The van der Waals surface area contributed by atoms with Crippen molar-refractivity contribution in [2.75, 3.05) is 33.4 Å². The summed E-state index contributed by atoms with van der Waals surface area (Å²) in [6.45, 7) is 0.627. The molecule has 8 heteroatoms. The van der Waals surface area contributed by atoms with E-state index in [0.717, 1.165) is 4.31 Å². The molecule has 1 fully saturated rings. The maximum atomic E-state index is 12.3. The molecule has 0 aliphatic carbocycles. The summed E-state index contributed by atoms with van der Waals surface area (Å²) in [4.78, 5) is 0.0999. The van der Waals surface area contributed by atoms with E-state index in [2.05, 4.69) is 0 Å². The molecule has 21 heavy (non-hydrogen) atoms. The molecule has 0 spiro atoms. The number of methoxy groups -OCH3 is 1. The van der Waals surface area contributed by atoms with E-state index in [-0.39, 0.29) is 18.0 Å². The maximum absolute atomic E-state index is 12.3. The number of aliphatic hydroxyl groups excluding tert-OH is 2. The number of β-amino-alcohol motifs (C(OH)–C–C–N with tert-alkyl or cyclic N) is 2. The second-order valence-electron chi connectivity index (χ2n) is 4.77. The third-order valence-electron chi connectivity index (χ3n) is 3.24. The van der Waals surface area contributed by atoms with Crippen LogP contribution in [-0.2, 0) is 14.8 Å². The SMILES string of the molecule is COCCOc1ccc(S(=O)(=O)N2C[C@@H](O)[C@@H](O)C2)cc1. The fourth-order valence-corrected chi connectivity index (χ4v) is 3.51. The number of hydrogen-bond donors (Lipinski definition) is 2. The molecular weight excluding hydrogens is 298 g/mol. The van der Waals surface area contributed by atoms with Gasteiger partial charge in [0.2, 0.25) is 10.0 Å². The van der Waals surface area contributed by atoms with Gasteiger partial charge in [-0.2, -0.15) is 4.31 Å². The van der Waals surface area contributed by atoms with Gasteiger partial charge < -0.3 is 19.7 Å². The van der Waals surface area contributed by atoms with Crippen LogP contribution in [0, 0.1) is 0 Å². The average Bonchev–Trinajstić information content (AvgIpc) is 2.80. The minimum absolute atomic E-state index is 0.0999. The van der Waals surface area contributed by atoms with Gasteiger partial charge in [-0.3, -0.25) is 0 Å². The molecule has 0 bridgehead atoms. The lowest BCUT2D eigenvalue weighted by molar-refractivity contribution is 0.0572. The third-order valence-corrected chi connectivity index (χ3v) is 5.09. The fourth-order valence-electron chi connectivity index (χ4n) is 2.03. The summed E-state index contributed by atoms with van der Waals surface area (Å²) in [5, 5.41) is 18.9. The van der Waals surface area contributed by atoms with E-state index in [0.29, 0.717) is 19.0 Å². The molecule has 1 aromatic carbocycles. The first-order valence-corrected chi connectivity index (χ1v) is 7.97. The molecule has 0 saturated carbocycles. The van der Waals surface area contributed by atoms with Crippen molar-refractivity contribution in [3.05, 3.63) is 24.3 Å². The van der Waals surface area contributed by atoms with Gasteiger partial charge in [-0.15, -0.1) is 0 Å². The molecule has 1 heterocycles. The summed E-state index contributed by atoms with van der Waals surface area (Å²) in [5.74, 6) is 0.549. The van der Waals surface area contributed by atoms with Crippen LogP contribution in [0.3, 0.4) is 0 Å². The largest absolute Gasteiger partial charge is 0.491 e. The van der Waals surface area contributed by atoms with Gasteiger partial charge in [0, 0.05) is 20.2 Å². The fraction of sp³-hybridized carbons (Fsp3) is 0.538. The molecule has 0 aromatic heterocycles. The van der Waals surface area contributed by atoms with E-state index in [1.807, 2.05) is 0 Å². The number of nitrogens with zero attached hydrogens (tertiary/aromatic N) is 1. The summed E-state index contributed by atoms with van der Waals surface area (Å²) in [5.41, 5.74) is 0. The number of rotatable bonds is 6. The summed E-state index contributed by atoms with van der Waals surface area (Å²) >= 11 is 0. The van der Waals surface area contributed by atoms with Crippen LogP contribution >= 0.6 is 0 Å². The Labute approximate surface area is 123 Å². The van der Waals surface area contributed by atoms with Crippen LogP contribution in [-0.4, -0.2) is 68.6 Å². The molecule has 2 atom stereocenters. The van der Waals surface area contributed by atoms with Crippen LogP contribution < -0.4 is 4.74 Å². The Balaban J connectivity index is 2.07. The first-order valence-electron chi connectivity index (χ1n) is 6.53. The van der Waals surface area contributed by atoms with E-state index in [1.165, 1.54) is 12.1 Å². The highest BCUT2D eigenvalue weighted by Crippen LogP contribution is 2.23. The van der Waals surface area contributed by atoms with Gasteiger partial charge in [0.25, 0.3) is 0 Å². The average molecular weight is 317 g/mol. The quantitative estimate of drug-likeness (QED) is 0.683. The smallest absolute Gasteiger partial charge is 0.243 e. The highest BCUT2D eigenvalue weighted by Gasteiger charge is 2.37. The third kappa shape index (κ3) is 3.72. The molecule has 1 aromatic rings. The van der Waals surface area contributed by atoms with E-state index in [1.54, 1.807) is 19.2 Å². The van der Waals surface area contributed by atoms with E-state index >= 15 is 0 Å². The summed E-state index contributed by atoms with van der Waals surface area (Å²) in [6, 6.07) is 6.00. The molecule has 1 aliphatic heterocycles. The summed E-state index contributed by atoms with van der Waals surface area (Å²) in [6.07, 6.45) is -2.09. The molecule has 0 unspecified atom stereocenters. The van der Waals surface area contributed by atoms with Crippen molar-refractivity contribution >= 4 is 10.0 Å². The zero-order chi connectivity index (χ0) is 15.5. The van der Waals surface area contributed by atoms with Gasteiger partial charge in [-0.25, -0.2) is 8.42 Å². The van der Waals surface area contributed by atoms with Crippen molar-refractivity contribution in [1.29, 1.82) is 0 Å². The standard InChI is InChI=1S/C13H19NO6S/c1-19-6-7-20-10-2-4-11(5-3-10)21(17,18)14-8-12(15)13(16)9-14/h2-5,12-13,15-16H,6-9H2,1H3/t12-,13+. The van der Waals surface area contributed by atoms with E-state index in [4.69, 9.17) is 9.47 Å². The van der Waals surface area contributed by atoms with Gasteiger partial charge in [0.05, 0.1) is 23.7 Å². The Morgan fingerprint density at radius 1 is 1.14 bits per heavy atom. The van der Waals surface area contributed by atoms with Crippen LogP contribution in [0.25, 0.3) is 0 Å².